The molecule has 162 valence electrons. The molecule has 0 saturated carbocycles. The van der Waals surface area contributed by atoms with Crippen LogP contribution in [0.4, 0.5) is 11.4 Å². The first-order valence-electron chi connectivity index (χ1n) is 10.7. The average molecular weight is 427 g/mol. The molecule has 0 saturated heterocycles. The molecule has 32 heavy (non-hydrogen) atoms. The Balaban J connectivity index is 1.78. The Hall–Kier alpha value is -3.86. The van der Waals surface area contributed by atoms with E-state index >= 15 is 0 Å². The molecule has 3 aromatic carbocycles. The number of benzene rings is 3. The van der Waals surface area contributed by atoms with Crippen LogP contribution in [0.3, 0.4) is 0 Å². The number of hydrogen-bond acceptors (Lipinski definition) is 4. The normalized spacial score (nSPS) is 13.7. The zero-order chi connectivity index (χ0) is 22.7. The molecule has 0 unspecified atom stereocenters. The molecule has 3 aromatic rings. The second kappa shape index (κ2) is 9.10. The zero-order valence-corrected chi connectivity index (χ0v) is 18.5. The number of nitrogens with zero attached hydrogens (tertiary/aromatic N) is 1. The molecule has 0 spiro atoms. The number of carbonyl (C=O) groups excluding carboxylic acids is 2. The van der Waals surface area contributed by atoms with Crippen LogP contribution in [0.15, 0.2) is 78.5 Å². The number of ether oxygens (including phenoxy) is 1. The molecular weight excluding hydrogens is 400 g/mol. The summed E-state index contributed by atoms with van der Waals surface area (Å²) in [4.78, 5) is 28.3. The smallest absolute Gasteiger partial charge is 0.282 e. The highest BCUT2D eigenvalue weighted by atomic mass is 16.5. The van der Waals surface area contributed by atoms with Crippen LogP contribution in [0.2, 0.25) is 0 Å². The molecule has 1 heterocycles. The molecule has 0 atom stereocenters. The van der Waals surface area contributed by atoms with Crippen molar-refractivity contribution in [3.05, 3.63) is 95.2 Å². The molecule has 0 bridgehead atoms. The van der Waals surface area contributed by atoms with Crippen molar-refractivity contribution < 1.29 is 14.3 Å². The number of imide groups is 1. The van der Waals surface area contributed by atoms with E-state index in [-0.39, 0.29) is 17.5 Å². The summed E-state index contributed by atoms with van der Waals surface area (Å²) >= 11 is 0. The number of para-hydroxylation sites is 1. The van der Waals surface area contributed by atoms with Crippen LogP contribution in [0.25, 0.3) is 5.57 Å². The molecule has 0 aromatic heterocycles. The first kappa shape index (κ1) is 21.4. The molecule has 0 fully saturated rings. The highest BCUT2D eigenvalue weighted by Gasteiger charge is 2.40. The van der Waals surface area contributed by atoms with Crippen molar-refractivity contribution in [2.24, 2.45) is 0 Å². The van der Waals surface area contributed by atoms with Gasteiger partial charge in [0.15, 0.2) is 0 Å². The van der Waals surface area contributed by atoms with Crippen molar-refractivity contribution >= 4 is 28.8 Å². The van der Waals surface area contributed by atoms with E-state index in [0.29, 0.717) is 29.2 Å². The van der Waals surface area contributed by atoms with E-state index in [1.807, 2.05) is 75.4 Å². The van der Waals surface area contributed by atoms with Gasteiger partial charge < -0.3 is 10.1 Å². The van der Waals surface area contributed by atoms with E-state index in [1.54, 1.807) is 18.2 Å². The molecule has 0 aliphatic carbocycles. The van der Waals surface area contributed by atoms with Crippen molar-refractivity contribution in [1.82, 2.24) is 0 Å². The highest BCUT2D eigenvalue weighted by Crippen LogP contribution is 2.35. The fourth-order valence-corrected chi connectivity index (χ4v) is 3.65. The van der Waals surface area contributed by atoms with E-state index in [0.717, 1.165) is 23.2 Å². The van der Waals surface area contributed by atoms with Crippen LogP contribution in [0.1, 0.15) is 30.0 Å². The number of amides is 2. The third-order valence-electron chi connectivity index (χ3n) is 5.38. The van der Waals surface area contributed by atoms with Crippen LogP contribution in [-0.4, -0.2) is 18.4 Å². The van der Waals surface area contributed by atoms with Crippen LogP contribution in [0.5, 0.6) is 5.75 Å². The molecule has 1 aliphatic heterocycles. The van der Waals surface area contributed by atoms with Crippen molar-refractivity contribution in [3.63, 3.8) is 0 Å². The van der Waals surface area contributed by atoms with Crippen LogP contribution >= 0.6 is 0 Å². The second-order valence-electron chi connectivity index (χ2n) is 7.85. The summed E-state index contributed by atoms with van der Waals surface area (Å²) in [7, 11) is 0. The van der Waals surface area contributed by atoms with E-state index in [9.17, 15) is 9.59 Å². The molecular formula is C27H26N2O3. The molecule has 5 nitrogen and oxygen atoms in total. The first-order valence-corrected chi connectivity index (χ1v) is 10.7. The number of aryl methyl sites for hydroxylation is 2. The van der Waals surface area contributed by atoms with E-state index in [4.69, 9.17) is 4.74 Å². The summed E-state index contributed by atoms with van der Waals surface area (Å²) < 4.78 is 5.71. The van der Waals surface area contributed by atoms with Crippen molar-refractivity contribution in [3.8, 4) is 5.75 Å². The van der Waals surface area contributed by atoms with Crippen molar-refractivity contribution in [1.29, 1.82) is 0 Å². The number of hydrogen-bond donors (Lipinski definition) is 1. The third kappa shape index (κ3) is 4.14. The predicted octanol–water partition coefficient (Wildman–Crippen LogP) is 5.49. The molecule has 4 rings (SSSR count). The molecule has 2 amide bonds. The Morgan fingerprint density at radius 2 is 1.62 bits per heavy atom. The zero-order valence-electron chi connectivity index (χ0n) is 18.5. The fourth-order valence-electron chi connectivity index (χ4n) is 3.65. The standard InChI is InChI=1S/C27H26N2O3/c1-4-16-32-22-10-7-9-21(17-22)29-26(30)24(20-14-12-18(2)13-15-20)25(27(29)31)28-23-11-6-5-8-19(23)3/h5-15,17,28H,4,16H2,1-3H3. The van der Waals surface area contributed by atoms with Gasteiger partial charge in [0.25, 0.3) is 11.8 Å². The number of nitrogens with one attached hydrogen (secondary N) is 1. The van der Waals surface area contributed by atoms with Crippen molar-refractivity contribution in [2.75, 3.05) is 16.8 Å². The summed E-state index contributed by atoms with van der Waals surface area (Å²) in [6.07, 6.45) is 0.870. The summed E-state index contributed by atoms with van der Waals surface area (Å²) in [5, 5.41) is 3.24. The Morgan fingerprint density at radius 1 is 0.875 bits per heavy atom. The van der Waals surface area contributed by atoms with Gasteiger partial charge in [-0.05, 0) is 49.6 Å². The second-order valence-corrected chi connectivity index (χ2v) is 7.85. The third-order valence-corrected chi connectivity index (χ3v) is 5.38. The first-order chi connectivity index (χ1) is 15.5. The fraction of sp³-hybridized carbons (Fsp3) is 0.185. The summed E-state index contributed by atoms with van der Waals surface area (Å²) in [6.45, 7) is 6.54. The molecule has 1 N–H and O–H groups in total. The maximum absolute atomic E-state index is 13.6. The van der Waals surface area contributed by atoms with Gasteiger partial charge in [0.2, 0.25) is 0 Å². The maximum atomic E-state index is 13.6. The summed E-state index contributed by atoms with van der Waals surface area (Å²) in [5.74, 6) is -0.119. The van der Waals surface area contributed by atoms with Gasteiger partial charge in [0, 0.05) is 11.8 Å². The van der Waals surface area contributed by atoms with E-state index in [2.05, 4.69) is 5.32 Å². The summed E-state index contributed by atoms with van der Waals surface area (Å²) in [6, 6.07) is 22.4. The molecule has 0 radical (unpaired) electrons. The minimum Gasteiger partial charge on any atom is -0.494 e. The number of carbonyl (C=O) groups is 2. The van der Waals surface area contributed by atoms with Gasteiger partial charge in [-0.2, -0.15) is 0 Å². The Bertz CT molecular complexity index is 1200. The lowest BCUT2D eigenvalue weighted by atomic mass is 10.0. The van der Waals surface area contributed by atoms with Crippen LogP contribution in [0, 0.1) is 13.8 Å². The van der Waals surface area contributed by atoms with Crippen LogP contribution < -0.4 is 15.0 Å². The molecule has 1 aliphatic rings. The topological polar surface area (TPSA) is 58.6 Å². The van der Waals surface area contributed by atoms with Gasteiger partial charge in [-0.3, -0.25) is 9.59 Å². The monoisotopic (exact) mass is 426 g/mol. The van der Waals surface area contributed by atoms with Gasteiger partial charge >= 0.3 is 0 Å². The van der Waals surface area contributed by atoms with Crippen molar-refractivity contribution in [2.45, 2.75) is 27.2 Å². The lowest BCUT2D eigenvalue weighted by molar-refractivity contribution is -0.120. The minimum atomic E-state index is -0.388. The van der Waals surface area contributed by atoms with Gasteiger partial charge in [0.05, 0.1) is 17.9 Å². The largest absolute Gasteiger partial charge is 0.494 e. The Kier molecular flexibility index (Phi) is 6.08. The number of rotatable bonds is 7. The predicted molar refractivity (Wildman–Crippen MR) is 128 cm³/mol. The Labute approximate surface area is 188 Å². The summed E-state index contributed by atoms with van der Waals surface area (Å²) in [5.41, 5.74) is 4.67. The maximum Gasteiger partial charge on any atom is 0.282 e. The minimum absolute atomic E-state index is 0.271. The quantitative estimate of drug-likeness (QED) is 0.508. The lowest BCUT2D eigenvalue weighted by Gasteiger charge is -2.17. The average Bonchev–Trinajstić information content (AvgIpc) is 3.04. The Morgan fingerprint density at radius 3 is 2.34 bits per heavy atom. The number of anilines is 2. The SMILES string of the molecule is CCCOc1cccc(N2C(=O)C(Nc3ccccc3C)=C(c3ccc(C)cc3)C2=O)c1. The lowest BCUT2D eigenvalue weighted by Crippen LogP contribution is -2.32. The van der Waals surface area contributed by atoms with Gasteiger partial charge in [-0.25, -0.2) is 4.90 Å². The van der Waals surface area contributed by atoms with Gasteiger partial charge in [-0.15, -0.1) is 0 Å². The van der Waals surface area contributed by atoms with E-state index in [1.165, 1.54) is 4.90 Å². The highest BCUT2D eigenvalue weighted by molar-refractivity contribution is 6.46. The molecule has 5 heteroatoms. The van der Waals surface area contributed by atoms with Gasteiger partial charge in [-0.1, -0.05) is 61.0 Å². The van der Waals surface area contributed by atoms with Gasteiger partial charge in [0.1, 0.15) is 11.4 Å². The van der Waals surface area contributed by atoms with Crippen LogP contribution in [-0.2, 0) is 9.59 Å². The van der Waals surface area contributed by atoms with E-state index < -0.39 is 0 Å².